The number of halogens is 1. The van der Waals surface area contributed by atoms with E-state index in [2.05, 4.69) is 4.74 Å². The third-order valence-electron chi connectivity index (χ3n) is 2.38. The molecule has 0 aromatic carbocycles. The molecule has 12 heavy (non-hydrogen) atoms. The average Bonchev–Trinajstić information content (AvgIpc) is 2.53. The first kappa shape index (κ1) is 11.7. The van der Waals surface area contributed by atoms with Crippen molar-refractivity contribution in [1.29, 1.82) is 0 Å². The quantitative estimate of drug-likeness (QED) is 0.669. The summed E-state index contributed by atoms with van der Waals surface area (Å²) in [5.41, 5.74) is 5.66. The van der Waals surface area contributed by atoms with Crippen LogP contribution in [0.5, 0.6) is 0 Å². The number of nitrogens with two attached hydrogens (primary N) is 1. The first-order chi connectivity index (χ1) is 5.25. The number of hydrogen-bond acceptors (Lipinski definition) is 3. The number of methoxy groups -OCH3 is 1. The van der Waals surface area contributed by atoms with Gasteiger partial charge < -0.3 is 10.5 Å². The lowest BCUT2D eigenvalue weighted by atomic mass is 9.99. The molecule has 0 radical (unpaired) electrons. The van der Waals surface area contributed by atoms with Gasteiger partial charge in [0.05, 0.1) is 7.11 Å². The molecule has 0 saturated heterocycles. The van der Waals surface area contributed by atoms with Gasteiger partial charge in [-0.05, 0) is 18.8 Å². The SMILES string of the molecule is COC(=O)[C@@H](N)C1CCCC1.Cl. The van der Waals surface area contributed by atoms with Gasteiger partial charge in [-0.25, -0.2) is 0 Å². The summed E-state index contributed by atoms with van der Waals surface area (Å²) in [5.74, 6) is 0.0966. The Morgan fingerprint density at radius 3 is 2.42 bits per heavy atom. The Balaban J connectivity index is 0.00000121. The van der Waals surface area contributed by atoms with Crippen molar-refractivity contribution in [1.82, 2.24) is 0 Å². The molecule has 0 aromatic heterocycles. The van der Waals surface area contributed by atoms with Gasteiger partial charge in [-0.15, -0.1) is 12.4 Å². The van der Waals surface area contributed by atoms with Gasteiger partial charge in [-0.3, -0.25) is 4.79 Å². The van der Waals surface area contributed by atoms with E-state index in [9.17, 15) is 4.79 Å². The van der Waals surface area contributed by atoms with Gasteiger partial charge >= 0.3 is 5.97 Å². The first-order valence-corrected chi connectivity index (χ1v) is 4.09. The molecule has 1 atom stereocenters. The normalized spacial score (nSPS) is 19.8. The largest absolute Gasteiger partial charge is 0.468 e. The third kappa shape index (κ3) is 2.64. The van der Waals surface area contributed by atoms with Crippen molar-refractivity contribution >= 4 is 18.4 Å². The van der Waals surface area contributed by atoms with Crippen LogP contribution in [-0.2, 0) is 9.53 Å². The molecule has 0 bridgehead atoms. The van der Waals surface area contributed by atoms with Gasteiger partial charge in [-0.1, -0.05) is 12.8 Å². The smallest absolute Gasteiger partial charge is 0.322 e. The van der Waals surface area contributed by atoms with Crippen LogP contribution in [0.1, 0.15) is 25.7 Å². The lowest BCUT2D eigenvalue weighted by Crippen LogP contribution is -2.37. The molecule has 0 spiro atoms. The summed E-state index contributed by atoms with van der Waals surface area (Å²) in [6, 6.07) is -0.387. The molecule has 1 fully saturated rings. The Morgan fingerprint density at radius 2 is 2.00 bits per heavy atom. The van der Waals surface area contributed by atoms with Crippen LogP contribution in [0, 0.1) is 5.92 Å². The van der Waals surface area contributed by atoms with Crippen molar-refractivity contribution in [2.75, 3.05) is 7.11 Å². The van der Waals surface area contributed by atoms with Crippen LogP contribution in [0.3, 0.4) is 0 Å². The van der Waals surface area contributed by atoms with E-state index in [-0.39, 0.29) is 24.4 Å². The summed E-state index contributed by atoms with van der Waals surface area (Å²) in [6.07, 6.45) is 4.57. The van der Waals surface area contributed by atoms with Crippen LogP contribution < -0.4 is 5.73 Å². The molecule has 0 heterocycles. The van der Waals surface area contributed by atoms with Crippen molar-refractivity contribution < 1.29 is 9.53 Å². The van der Waals surface area contributed by atoms with Crippen molar-refractivity contribution in [2.45, 2.75) is 31.7 Å². The molecule has 0 amide bonds. The lowest BCUT2D eigenvalue weighted by molar-refractivity contribution is -0.143. The highest BCUT2D eigenvalue weighted by Gasteiger charge is 2.27. The van der Waals surface area contributed by atoms with Crippen LogP contribution in [0.25, 0.3) is 0 Å². The number of rotatable bonds is 2. The van der Waals surface area contributed by atoms with E-state index in [0.29, 0.717) is 5.92 Å². The summed E-state index contributed by atoms with van der Waals surface area (Å²) in [6.45, 7) is 0. The zero-order valence-corrected chi connectivity index (χ0v) is 8.10. The molecule has 2 N–H and O–H groups in total. The highest BCUT2D eigenvalue weighted by Crippen LogP contribution is 2.27. The van der Waals surface area contributed by atoms with Crippen LogP contribution in [0.2, 0.25) is 0 Å². The minimum absolute atomic E-state index is 0. The number of hydrogen-bond donors (Lipinski definition) is 1. The molecule has 4 heteroatoms. The number of esters is 1. The van der Waals surface area contributed by atoms with E-state index in [1.165, 1.54) is 20.0 Å². The Bertz CT molecular complexity index is 146. The minimum Gasteiger partial charge on any atom is -0.468 e. The zero-order chi connectivity index (χ0) is 8.27. The van der Waals surface area contributed by atoms with Crippen LogP contribution in [-0.4, -0.2) is 19.1 Å². The second-order valence-electron chi connectivity index (χ2n) is 3.09. The Morgan fingerprint density at radius 1 is 1.50 bits per heavy atom. The molecule has 1 saturated carbocycles. The predicted molar refractivity (Wildman–Crippen MR) is 49.2 cm³/mol. The maximum atomic E-state index is 11.0. The van der Waals surface area contributed by atoms with Gasteiger partial charge in [0.15, 0.2) is 0 Å². The van der Waals surface area contributed by atoms with E-state index in [1.807, 2.05) is 0 Å². The van der Waals surface area contributed by atoms with Gasteiger partial charge in [0.25, 0.3) is 0 Å². The first-order valence-electron chi connectivity index (χ1n) is 4.09. The van der Waals surface area contributed by atoms with Crippen LogP contribution in [0.4, 0.5) is 0 Å². The fourth-order valence-corrected chi connectivity index (χ4v) is 1.65. The average molecular weight is 194 g/mol. The summed E-state index contributed by atoms with van der Waals surface area (Å²) >= 11 is 0. The summed E-state index contributed by atoms with van der Waals surface area (Å²) in [7, 11) is 1.39. The molecule has 0 unspecified atom stereocenters. The van der Waals surface area contributed by atoms with Gasteiger partial charge in [0.1, 0.15) is 6.04 Å². The number of ether oxygens (including phenoxy) is 1. The van der Waals surface area contributed by atoms with Gasteiger partial charge in [-0.2, -0.15) is 0 Å². The van der Waals surface area contributed by atoms with E-state index < -0.39 is 0 Å². The highest BCUT2D eigenvalue weighted by molar-refractivity contribution is 5.85. The van der Waals surface area contributed by atoms with Crippen molar-refractivity contribution in [3.8, 4) is 0 Å². The van der Waals surface area contributed by atoms with Crippen LogP contribution >= 0.6 is 12.4 Å². The minimum atomic E-state index is -0.387. The maximum Gasteiger partial charge on any atom is 0.322 e. The van der Waals surface area contributed by atoms with E-state index in [0.717, 1.165) is 12.8 Å². The van der Waals surface area contributed by atoms with Gasteiger partial charge in [0, 0.05) is 0 Å². The molecule has 72 valence electrons. The Kier molecular flexibility index (Phi) is 5.25. The Labute approximate surface area is 79.1 Å². The molecule has 3 nitrogen and oxygen atoms in total. The third-order valence-corrected chi connectivity index (χ3v) is 2.38. The summed E-state index contributed by atoms with van der Waals surface area (Å²) < 4.78 is 4.56. The second-order valence-corrected chi connectivity index (χ2v) is 3.09. The van der Waals surface area contributed by atoms with Crippen molar-refractivity contribution in [2.24, 2.45) is 11.7 Å². The summed E-state index contributed by atoms with van der Waals surface area (Å²) in [5, 5.41) is 0. The second kappa shape index (κ2) is 5.38. The molecular formula is C8H16ClNO2. The molecule has 1 rings (SSSR count). The topological polar surface area (TPSA) is 52.3 Å². The molecule has 0 aliphatic heterocycles. The number of carbonyl (C=O) groups is 1. The Hall–Kier alpha value is -0.280. The molecule has 0 aromatic rings. The van der Waals surface area contributed by atoms with Crippen molar-refractivity contribution in [3.05, 3.63) is 0 Å². The fraction of sp³-hybridized carbons (Fsp3) is 0.875. The fourth-order valence-electron chi connectivity index (χ4n) is 1.65. The zero-order valence-electron chi connectivity index (χ0n) is 7.29. The van der Waals surface area contributed by atoms with Crippen LogP contribution in [0.15, 0.2) is 0 Å². The van der Waals surface area contributed by atoms with Crippen molar-refractivity contribution in [3.63, 3.8) is 0 Å². The standard InChI is InChI=1S/C8H15NO2.ClH/c1-11-8(10)7(9)6-4-2-3-5-6;/h6-7H,2-5,9H2,1H3;1H/t7-;/m0./s1. The monoisotopic (exact) mass is 193 g/mol. The molecular weight excluding hydrogens is 178 g/mol. The van der Waals surface area contributed by atoms with Gasteiger partial charge in [0.2, 0.25) is 0 Å². The lowest BCUT2D eigenvalue weighted by Gasteiger charge is -2.15. The highest BCUT2D eigenvalue weighted by atomic mass is 35.5. The maximum absolute atomic E-state index is 11.0. The van der Waals surface area contributed by atoms with E-state index >= 15 is 0 Å². The molecule has 1 aliphatic rings. The summed E-state index contributed by atoms with van der Waals surface area (Å²) in [4.78, 5) is 11.0. The predicted octanol–water partition coefficient (Wildman–Crippen LogP) is 1.10. The van der Waals surface area contributed by atoms with E-state index in [1.54, 1.807) is 0 Å². The molecule has 1 aliphatic carbocycles. The van der Waals surface area contributed by atoms with E-state index in [4.69, 9.17) is 5.73 Å². The number of carbonyl (C=O) groups excluding carboxylic acids is 1.